The third kappa shape index (κ3) is 4.50. The molecule has 0 aromatic heterocycles. The lowest BCUT2D eigenvalue weighted by molar-refractivity contribution is -0.109. The van der Waals surface area contributed by atoms with E-state index in [1.807, 2.05) is 0 Å². The van der Waals surface area contributed by atoms with Gasteiger partial charge in [-0.25, -0.2) is 4.79 Å². The number of carbonyl (C=O) groups is 2. The molecule has 2 atom stereocenters. The maximum Gasteiger partial charge on any atom is 0.335 e. The zero-order valence-electron chi connectivity index (χ0n) is 10.0. The van der Waals surface area contributed by atoms with Crippen LogP contribution < -0.4 is 0 Å². The molecule has 3 N–H and O–H groups in total. The van der Waals surface area contributed by atoms with Crippen LogP contribution in [0.1, 0.15) is 28.9 Å². The molecule has 0 bridgehead atoms. The number of carboxylic acids is 1. The average Bonchev–Trinajstić information content (AvgIpc) is 2.34. The van der Waals surface area contributed by atoms with Gasteiger partial charge in [0.1, 0.15) is 6.10 Å². The number of hydrogen-bond acceptors (Lipinski definition) is 5. The third-order valence-electron chi connectivity index (χ3n) is 2.39. The van der Waals surface area contributed by atoms with Crippen molar-refractivity contribution in [3.63, 3.8) is 0 Å². The van der Waals surface area contributed by atoms with Crippen molar-refractivity contribution < 1.29 is 24.9 Å². The standard InChI is InChI=1S/C12H13ClO5S/c1-6(14)19-5-10(15)11(16)8-3-2-7(12(17)18)4-9(8)13/h2-4,10-11,15-16H,5H2,1H3,(H,17,18). The lowest BCUT2D eigenvalue weighted by Gasteiger charge is -2.18. The molecular formula is C12H13ClO5S. The maximum atomic E-state index is 10.8. The summed E-state index contributed by atoms with van der Waals surface area (Å²) >= 11 is 6.76. The Morgan fingerprint density at radius 1 is 1.37 bits per heavy atom. The Kier molecular flexibility index (Phi) is 5.81. The van der Waals surface area contributed by atoms with Crippen LogP contribution in [0.5, 0.6) is 0 Å². The Hall–Kier alpha value is -1.08. The van der Waals surface area contributed by atoms with E-state index < -0.39 is 18.2 Å². The molecular weight excluding hydrogens is 292 g/mol. The Balaban J connectivity index is 2.84. The summed E-state index contributed by atoms with van der Waals surface area (Å²) in [7, 11) is 0. The quantitative estimate of drug-likeness (QED) is 0.766. The minimum Gasteiger partial charge on any atom is -0.478 e. The Bertz CT molecular complexity index is 491. The first-order valence-corrected chi connectivity index (χ1v) is 6.71. The number of carbonyl (C=O) groups excluding carboxylic acids is 1. The van der Waals surface area contributed by atoms with Gasteiger partial charge < -0.3 is 15.3 Å². The maximum absolute atomic E-state index is 10.8. The number of thioether (sulfide) groups is 1. The Labute approximate surface area is 119 Å². The first-order valence-electron chi connectivity index (χ1n) is 5.35. The molecule has 0 radical (unpaired) electrons. The first kappa shape index (κ1) is 16.0. The van der Waals surface area contributed by atoms with Gasteiger partial charge in [-0.3, -0.25) is 4.79 Å². The summed E-state index contributed by atoms with van der Waals surface area (Å²) in [6.45, 7) is 1.36. The molecule has 2 unspecified atom stereocenters. The molecule has 0 spiro atoms. The van der Waals surface area contributed by atoms with E-state index in [-0.39, 0.29) is 27.0 Å². The van der Waals surface area contributed by atoms with Crippen LogP contribution in [-0.4, -0.2) is 38.3 Å². The van der Waals surface area contributed by atoms with Gasteiger partial charge in [0.25, 0.3) is 0 Å². The Morgan fingerprint density at radius 2 is 2.00 bits per heavy atom. The van der Waals surface area contributed by atoms with Crippen molar-refractivity contribution in [3.05, 3.63) is 34.3 Å². The van der Waals surface area contributed by atoms with Crippen molar-refractivity contribution in [3.8, 4) is 0 Å². The van der Waals surface area contributed by atoms with Gasteiger partial charge in [-0.05, 0) is 12.1 Å². The van der Waals surface area contributed by atoms with E-state index in [2.05, 4.69) is 0 Å². The molecule has 0 heterocycles. The summed E-state index contributed by atoms with van der Waals surface area (Å²) in [4.78, 5) is 21.5. The van der Waals surface area contributed by atoms with Gasteiger partial charge in [0.05, 0.1) is 11.7 Å². The van der Waals surface area contributed by atoms with E-state index in [0.29, 0.717) is 0 Å². The normalized spacial score (nSPS) is 13.9. The summed E-state index contributed by atoms with van der Waals surface area (Å²) in [5.41, 5.74) is 0.219. The van der Waals surface area contributed by atoms with Crippen LogP contribution in [-0.2, 0) is 4.79 Å². The molecule has 0 aliphatic heterocycles. The monoisotopic (exact) mass is 304 g/mol. The number of hydrogen-bond donors (Lipinski definition) is 3. The highest BCUT2D eigenvalue weighted by molar-refractivity contribution is 8.13. The van der Waals surface area contributed by atoms with E-state index in [1.54, 1.807) is 0 Å². The predicted octanol–water partition coefficient (Wildman–Crippen LogP) is 1.71. The van der Waals surface area contributed by atoms with Crippen molar-refractivity contribution in [2.75, 3.05) is 5.75 Å². The molecule has 1 aromatic rings. The van der Waals surface area contributed by atoms with Crippen molar-refractivity contribution in [2.24, 2.45) is 0 Å². The molecule has 0 saturated heterocycles. The minimum absolute atomic E-state index is 0.00597. The molecule has 0 aliphatic carbocycles. The summed E-state index contributed by atoms with van der Waals surface area (Å²) < 4.78 is 0. The van der Waals surface area contributed by atoms with Crippen LogP contribution in [0, 0.1) is 0 Å². The van der Waals surface area contributed by atoms with Crippen LogP contribution in [0.25, 0.3) is 0 Å². The molecule has 1 aromatic carbocycles. The van der Waals surface area contributed by atoms with E-state index in [9.17, 15) is 19.8 Å². The molecule has 7 heteroatoms. The highest BCUT2D eigenvalue weighted by Crippen LogP contribution is 2.27. The highest BCUT2D eigenvalue weighted by Gasteiger charge is 2.22. The fraction of sp³-hybridized carbons (Fsp3) is 0.333. The van der Waals surface area contributed by atoms with Gasteiger partial charge in [-0.1, -0.05) is 29.4 Å². The highest BCUT2D eigenvalue weighted by atomic mass is 35.5. The predicted molar refractivity (Wildman–Crippen MR) is 72.5 cm³/mol. The number of carboxylic acid groups (broad SMARTS) is 1. The number of rotatable bonds is 5. The summed E-state index contributed by atoms with van der Waals surface area (Å²) in [5.74, 6) is -1.09. The van der Waals surface area contributed by atoms with Gasteiger partial charge >= 0.3 is 5.97 Å². The second kappa shape index (κ2) is 6.91. The second-order valence-electron chi connectivity index (χ2n) is 3.86. The molecule has 5 nitrogen and oxygen atoms in total. The van der Waals surface area contributed by atoms with Crippen molar-refractivity contribution in [1.29, 1.82) is 0 Å². The van der Waals surface area contributed by atoms with Crippen molar-refractivity contribution in [1.82, 2.24) is 0 Å². The second-order valence-corrected chi connectivity index (χ2v) is 5.46. The lowest BCUT2D eigenvalue weighted by atomic mass is 10.0. The number of aromatic carboxylic acids is 1. The Morgan fingerprint density at radius 3 is 2.47 bits per heavy atom. The van der Waals surface area contributed by atoms with Gasteiger partial charge in [0, 0.05) is 23.3 Å². The SMILES string of the molecule is CC(=O)SCC(O)C(O)c1ccc(C(=O)O)cc1Cl. The lowest BCUT2D eigenvalue weighted by Crippen LogP contribution is -2.21. The topological polar surface area (TPSA) is 94.8 Å². The molecule has 0 saturated carbocycles. The third-order valence-corrected chi connectivity index (χ3v) is 3.63. The van der Waals surface area contributed by atoms with Crippen LogP contribution in [0.4, 0.5) is 0 Å². The van der Waals surface area contributed by atoms with E-state index in [4.69, 9.17) is 16.7 Å². The summed E-state index contributed by atoms with van der Waals surface area (Å²) in [6.07, 6.45) is -2.44. The molecule has 104 valence electrons. The van der Waals surface area contributed by atoms with Gasteiger partial charge in [-0.2, -0.15) is 0 Å². The van der Waals surface area contributed by atoms with Gasteiger partial charge in [0.2, 0.25) is 0 Å². The smallest absolute Gasteiger partial charge is 0.335 e. The average molecular weight is 305 g/mol. The van der Waals surface area contributed by atoms with Crippen LogP contribution in [0.3, 0.4) is 0 Å². The number of benzene rings is 1. The number of halogens is 1. The molecule has 1 rings (SSSR count). The minimum atomic E-state index is -1.28. The van der Waals surface area contributed by atoms with Crippen molar-refractivity contribution >= 4 is 34.4 Å². The molecule has 19 heavy (non-hydrogen) atoms. The van der Waals surface area contributed by atoms with Crippen LogP contribution in [0.15, 0.2) is 18.2 Å². The largest absolute Gasteiger partial charge is 0.478 e. The van der Waals surface area contributed by atoms with E-state index in [1.165, 1.54) is 25.1 Å². The van der Waals surface area contributed by atoms with Gasteiger partial charge in [0.15, 0.2) is 5.12 Å². The zero-order valence-corrected chi connectivity index (χ0v) is 11.6. The first-order chi connectivity index (χ1) is 8.82. The fourth-order valence-electron chi connectivity index (χ4n) is 1.40. The summed E-state index contributed by atoms with van der Waals surface area (Å²) in [5, 5.41) is 28.3. The number of aliphatic hydroxyl groups excluding tert-OH is 2. The van der Waals surface area contributed by atoms with E-state index >= 15 is 0 Å². The van der Waals surface area contributed by atoms with Crippen LogP contribution >= 0.6 is 23.4 Å². The molecule has 0 aliphatic rings. The molecule has 0 fully saturated rings. The van der Waals surface area contributed by atoms with Crippen LogP contribution in [0.2, 0.25) is 5.02 Å². The van der Waals surface area contributed by atoms with Gasteiger partial charge in [-0.15, -0.1) is 0 Å². The zero-order chi connectivity index (χ0) is 14.6. The van der Waals surface area contributed by atoms with Crippen molar-refractivity contribution in [2.45, 2.75) is 19.1 Å². The molecule has 0 amide bonds. The number of aliphatic hydroxyl groups is 2. The van der Waals surface area contributed by atoms with E-state index in [0.717, 1.165) is 11.8 Å². The fourth-order valence-corrected chi connectivity index (χ4v) is 2.28. The summed E-state index contributed by atoms with van der Waals surface area (Å²) in [6, 6.07) is 3.84.